The average Bonchev–Trinajstić information content (AvgIpc) is 3.59. The molecule has 0 aromatic carbocycles. The minimum Gasteiger partial charge on any atom is -0.452 e. The Morgan fingerprint density at radius 2 is 2.18 bits per heavy atom. The first-order valence-electron chi connectivity index (χ1n) is 14.6. The van der Waals surface area contributed by atoms with Gasteiger partial charge in [0.1, 0.15) is 11.4 Å². The molecule has 1 unspecified atom stereocenters. The number of ether oxygens (including phenoxy) is 1. The van der Waals surface area contributed by atoms with Crippen molar-refractivity contribution < 1.29 is 13.9 Å². The Balaban J connectivity index is 1.92. The monoisotopic (exact) mass is 601 g/mol. The molecule has 44 heavy (non-hydrogen) atoms. The van der Waals surface area contributed by atoms with Crippen molar-refractivity contribution in [3.63, 3.8) is 0 Å². The van der Waals surface area contributed by atoms with Crippen LogP contribution in [-0.2, 0) is 23.2 Å². The highest BCUT2D eigenvalue weighted by Crippen LogP contribution is 2.39. The number of aromatic amines is 1. The lowest BCUT2D eigenvalue weighted by Gasteiger charge is -2.40. The van der Waals surface area contributed by atoms with Gasteiger partial charge in [-0.25, -0.2) is 14.6 Å². The number of carbonyl (C=O) groups is 1. The molecular formula is C32H40FN9O2. The number of aryl methyl sites for hydroxylation is 1. The summed E-state index contributed by atoms with van der Waals surface area (Å²) in [5.74, 6) is -0.332. The van der Waals surface area contributed by atoms with Gasteiger partial charge in [-0.05, 0) is 50.5 Å². The van der Waals surface area contributed by atoms with Gasteiger partial charge < -0.3 is 15.0 Å². The van der Waals surface area contributed by atoms with Crippen LogP contribution in [0.25, 0.3) is 12.2 Å². The average molecular weight is 602 g/mol. The summed E-state index contributed by atoms with van der Waals surface area (Å²) >= 11 is 0. The van der Waals surface area contributed by atoms with E-state index < -0.39 is 11.6 Å². The van der Waals surface area contributed by atoms with E-state index in [0.717, 1.165) is 33.8 Å². The van der Waals surface area contributed by atoms with Gasteiger partial charge in [-0.15, -0.1) is 0 Å². The van der Waals surface area contributed by atoms with Crippen molar-refractivity contribution in [1.29, 1.82) is 0 Å². The number of allylic oxidation sites excluding steroid dienone is 3. The van der Waals surface area contributed by atoms with Crippen LogP contribution in [0, 0.1) is 0 Å². The maximum atomic E-state index is 13.9. The summed E-state index contributed by atoms with van der Waals surface area (Å²) in [7, 11) is 1.28. The number of amides is 1. The number of hydrogen-bond donors (Lipinski definition) is 4. The van der Waals surface area contributed by atoms with E-state index in [-0.39, 0.29) is 18.3 Å². The summed E-state index contributed by atoms with van der Waals surface area (Å²) in [4.78, 5) is 24.9. The molecule has 4 rings (SSSR count). The molecular weight excluding hydrogens is 561 g/mol. The molecule has 11 nitrogen and oxygen atoms in total. The summed E-state index contributed by atoms with van der Waals surface area (Å²) in [6.07, 6.45) is 16.0. The number of nitrogens with one attached hydrogen (secondary N) is 4. The van der Waals surface area contributed by atoms with Crippen molar-refractivity contribution in [1.82, 2.24) is 30.8 Å². The topological polar surface area (TPSA) is 133 Å². The SMILES string of the molecule is C=CC(=N/C=C(/F)CC)C1=CCNCC([C@H]2Cc3c([nH]c(/C=C\C)c3C=C)C(/C=N/NC(=O)OC)(c3cnn(CC)c3)N2)=N1. The van der Waals surface area contributed by atoms with Crippen molar-refractivity contribution >= 4 is 35.9 Å². The first-order valence-corrected chi connectivity index (χ1v) is 14.6. The molecule has 0 spiro atoms. The molecule has 2 atom stereocenters. The standard InChI is InChI=1S/C32H40FN9O2/c1-7-12-26-23(9-3)24-15-28(29-18-34-14-13-27(38-29)25(10-4)35-17-22(33)8-2)40-32(30(24)39-26,20-36-41-31(43)44-6)21-16-37-42(11-5)19-21/h7,9-10,12-13,16-17,19-20,28,34,39-40H,3-4,8,11,14-15,18H2,1-2,5-6H3,(H,41,43)/b12-7-,22-17+,35-25?,36-20+/t28-,32?/m1/s1. The highest BCUT2D eigenvalue weighted by molar-refractivity contribution is 6.10. The number of aromatic nitrogens is 3. The first kappa shape index (κ1) is 32.2. The molecule has 4 N–H and O–H groups in total. The maximum Gasteiger partial charge on any atom is 0.427 e. The van der Waals surface area contributed by atoms with E-state index in [1.54, 1.807) is 25.4 Å². The Morgan fingerprint density at radius 1 is 1.36 bits per heavy atom. The molecule has 12 heteroatoms. The first-order chi connectivity index (χ1) is 21.3. The van der Waals surface area contributed by atoms with Gasteiger partial charge in [0.15, 0.2) is 0 Å². The van der Waals surface area contributed by atoms with Crippen molar-refractivity contribution in [3.05, 3.63) is 89.6 Å². The van der Waals surface area contributed by atoms with Crippen LogP contribution in [-0.4, -0.2) is 64.7 Å². The van der Waals surface area contributed by atoms with Gasteiger partial charge in [0, 0.05) is 48.4 Å². The third-order valence-corrected chi connectivity index (χ3v) is 7.48. The Hall–Kier alpha value is -4.68. The Labute approximate surface area is 257 Å². The molecule has 2 aliphatic rings. The Bertz CT molecular complexity index is 1570. The van der Waals surface area contributed by atoms with E-state index >= 15 is 0 Å². The number of hydrogen-bond acceptors (Lipinski definition) is 8. The van der Waals surface area contributed by atoms with Crippen molar-refractivity contribution in [3.8, 4) is 0 Å². The molecule has 0 bridgehead atoms. The number of nitrogens with zero attached hydrogens (tertiary/aromatic N) is 5. The summed E-state index contributed by atoms with van der Waals surface area (Å²) in [5, 5.41) is 16.1. The quantitative estimate of drug-likeness (QED) is 0.217. The van der Waals surface area contributed by atoms with Crippen molar-refractivity contribution in [2.24, 2.45) is 15.1 Å². The highest BCUT2D eigenvalue weighted by Gasteiger charge is 2.45. The van der Waals surface area contributed by atoms with E-state index in [4.69, 9.17) is 9.73 Å². The number of fused-ring (bicyclic) bond motifs is 1. The fraction of sp³-hybridized carbons (Fsp3) is 0.344. The van der Waals surface area contributed by atoms with Crippen LogP contribution in [0.5, 0.6) is 0 Å². The molecule has 0 radical (unpaired) electrons. The second-order valence-electron chi connectivity index (χ2n) is 10.1. The zero-order chi connectivity index (χ0) is 31.7. The van der Waals surface area contributed by atoms with Crippen molar-refractivity contribution in [2.75, 3.05) is 20.2 Å². The molecule has 2 aromatic heterocycles. The number of carbonyl (C=O) groups excluding carboxylic acids is 1. The van der Waals surface area contributed by atoms with Crippen LogP contribution in [0.15, 0.2) is 76.6 Å². The van der Waals surface area contributed by atoms with E-state index in [1.165, 1.54) is 13.3 Å². The maximum absolute atomic E-state index is 13.9. The summed E-state index contributed by atoms with van der Waals surface area (Å²) in [6, 6.07) is -0.312. The second-order valence-corrected chi connectivity index (χ2v) is 10.1. The fourth-order valence-electron chi connectivity index (χ4n) is 5.26. The van der Waals surface area contributed by atoms with Crippen LogP contribution >= 0.6 is 0 Å². The van der Waals surface area contributed by atoms with Crippen LogP contribution in [0.4, 0.5) is 9.18 Å². The number of H-pyrrole nitrogens is 1. The Morgan fingerprint density at radius 3 is 2.84 bits per heavy atom. The molecule has 232 valence electrons. The number of methoxy groups -OCH3 is 1. The van der Waals surface area contributed by atoms with E-state index in [9.17, 15) is 9.18 Å². The molecule has 0 fully saturated rings. The number of aliphatic imine (C=N–C) groups is 2. The molecule has 0 aliphatic carbocycles. The van der Waals surface area contributed by atoms with Gasteiger partial charge in [-0.1, -0.05) is 32.2 Å². The normalized spacial score (nSPS) is 21.1. The van der Waals surface area contributed by atoms with Gasteiger partial charge in [-0.3, -0.25) is 20.0 Å². The lowest BCUT2D eigenvalue weighted by molar-refractivity contribution is 0.171. The third-order valence-electron chi connectivity index (χ3n) is 7.48. The predicted molar refractivity (Wildman–Crippen MR) is 174 cm³/mol. The van der Waals surface area contributed by atoms with Gasteiger partial charge >= 0.3 is 6.09 Å². The van der Waals surface area contributed by atoms with Crippen LogP contribution in [0.2, 0.25) is 0 Å². The number of halogens is 1. The second kappa shape index (κ2) is 14.7. The fourth-order valence-corrected chi connectivity index (χ4v) is 5.26. The van der Waals surface area contributed by atoms with Gasteiger partial charge in [0.05, 0.1) is 48.9 Å². The largest absolute Gasteiger partial charge is 0.452 e. The molecule has 1 amide bonds. The summed E-state index contributed by atoms with van der Waals surface area (Å²) in [5.41, 5.74) is 7.74. The van der Waals surface area contributed by atoms with Gasteiger partial charge in [-0.2, -0.15) is 10.2 Å². The number of hydrazone groups is 1. The number of rotatable bonds is 11. The molecule has 0 saturated carbocycles. The lowest BCUT2D eigenvalue weighted by atomic mass is 9.79. The minimum absolute atomic E-state index is 0.248. The molecule has 2 aromatic rings. The van der Waals surface area contributed by atoms with E-state index in [2.05, 4.69) is 49.4 Å². The van der Waals surface area contributed by atoms with Crippen LogP contribution < -0.4 is 16.1 Å². The zero-order valence-corrected chi connectivity index (χ0v) is 25.7. The lowest BCUT2D eigenvalue weighted by Crippen LogP contribution is -2.58. The van der Waals surface area contributed by atoms with Crippen molar-refractivity contribution in [2.45, 2.75) is 51.7 Å². The minimum atomic E-state index is -1.06. The van der Waals surface area contributed by atoms with Crippen LogP contribution in [0.3, 0.4) is 0 Å². The smallest absolute Gasteiger partial charge is 0.427 e. The van der Waals surface area contributed by atoms with E-state index in [1.807, 2.05) is 49.0 Å². The molecule has 4 heterocycles. The van der Waals surface area contributed by atoms with Gasteiger partial charge in [0.25, 0.3) is 0 Å². The highest BCUT2D eigenvalue weighted by atomic mass is 19.1. The predicted octanol–water partition coefficient (Wildman–Crippen LogP) is 4.78. The summed E-state index contributed by atoms with van der Waals surface area (Å²) in [6.45, 7) is 15.4. The molecule has 0 saturated heterocycles. The van der Waals surface area contributed by atoms with Crippen LogP contribution in [0.1, 0.15) is 55.3 Å². The Kier molecular flexibility index (Phi) is 10.7. The van der Waals surface area contributed by atoms with E-state index in [0.29, 0.717) is 37.5 Å². The molecule has 2 aliphatic heterocycles. The van der Waals surface area contributed by atoms with Gasteiger partial charge in [0.2, 0.25) is 0 Å². The summed E-state index contributed by atoms with van der Waals surface area (Å²) < 4.78 is 20.5. The third kappa shape index (κ3) is 6.76. The zero-order valence-electron chi connectivity index (χ0n) is 25.7.